The molecule has 2 heterocycles. The van der Waals surface area contributed by atoms with Crippen molar-refractivity contribution in [1.29, 1.82) is 0 Å². The zero-order valence-corrected chi connectivity index (χ0v) is 13.0. The summed E-state index contributed by atoms with van der Waals surface area (Å²) >= 11 is 0. The van der Waals surface area contributed by atoms with Crippen molar-refractivity contribution in [2.75, 3.05) is 50.5 Å². The summed E-state index contributed by atoms with van der Waals surface area (Å²) in [5.74, 6) is 0.949. The summed E-state index contributed by atoms with van der Waals surface area (Å²) in [6.45, 7) is 3.67. The summed E-state index contributed by atoms with van der Waals surface area (Å²) in [5.41, 5.74) is 7.59. The van der Waals surface area contributed by atoms with Gasteiger partial charge in [-0.2, -0.15) is 0 Å². The molecule has 0 aliphatic carbocycles. The Morgan fingerprint density at radius 3 is 2.73 bits per heavy atom. The van der Waals surface area contributed by atoms with Crippen LogP contribution in [0.25, 0.3) is 0 Å². The highest BCUT2D eigenvalue weighted by atomic mass is 16.5. The van der Waals surface area contributed by atoms with Crippen molar-refractivity contribution < 1.29 is 14.3 Å². The number of nitrogen functional groups attached to an aromatic ring is 1. The van der Waals surface area contributed by atoms with E-state index in [2.05, 4.69) is 4.90 Å². The average molecular weight is 305 g/mol. The Labute approximate surface area is 130 Å². The van der Waals surface area contributed by atoms with Crippen LogP contribution in [0, 0.1) is 0 Å². The first kappa shape index (κ1) is 15.0. The first-order valence-corrected chi connectivity index (χ1v) is 7.78. The van der Waals surface area contributed by atoms with Gasteiger partial charge in [-0.05, 0) is 31.0 Å². The van der Waals surface area contributed by atoms with E-state index in [1.165, 1.54) is 0 Å². The molecule has 2 saturated heterocycles. The number of amides is 1. The highest BCUT2D eigenvalue weighted by Crippen LogP contribution is 2.31. The number of anilines is 2. The molecule has 3 rings (SSSR count). The van der Waals surface area contributed by atoms with E-state index in [4.69, 9.17) is 15.2 Å². The summed E-state index contributed by atoms with van der Waals surface area (Å²) < 4.78 is 10.9. The topological polar surface area (TPSA) is 68.0 Å². The van der Waals surface area contributed by atoms with E-state index in [1.807, 2.05) is 23.1 Å². The molecule has 0 saturated carbocycles. The fourth-order valence-electron chi connectivity index (χ4n) is 3.10. The maximum atomic E-state index is 12.4. The molecule has 0 aromatic heterocycles. The molecule has 120 valence electrons. The van der Waals surface area contributed by atoms with E-state index in [9.17, 15) is 4.79 Å². The number of hydrogen-bond donors (Lipinski definition) is 1. The van der Waals surface area contributed by atoms with Gasteiger partial charge in [0.05, 0.1) is 12.8 Å². The largest absolute Gasteiger partial charge is 0.495 e. The number of rotatable bonds is 3. The lowest BCUT2D eigenvalue weighted by Gasteiger charge is -2.37. The van der Waals surface area contributed by atoms with E-state index in [1.54, 1.807) is 7.11 Å². The van der Waals surface area contributed by atoms with Gasteiger partial charge in [0.25, 0.3) is 5.91 Å². The molecule has 0 bridgehead atoms. The van der Waals surface area contributed by atoms with Gasteiger partial charge in [-0.15, -0.1) is 0 Å². The zero-order chi connectivity index (χ0) is 15.5. The fourth-order valence-corrected chi connectivity index (χ4v) is 3.10. The van der Waals surface area contributed by atoms with Gasteiger partial charge in [0.2, 0.25) is 0 Å². The summed E-state index contributed by atoms with van der Waals surface area (Å²) in [7, 11) is 1.66. The highest BCUT2D eigenvalue weighted by Gasteiger charge is 2.30. The average Bonchev–Trinajstić information content (AvgIpc) is 3.09. The monoisotopic (exact) mass is 305 g/mol. The minimum absolute atomic E-state index is 0.136. The Balaban J connectivity index is 1.64. The molecule has 1 atom stereocenters. The van der Waals surface area contributed by atoms with E-state index in [-0.39, 0.29) is 12.0 Å². The molecule has 1 unspecified atom stereocenters. The first-order chi connectivity index (χ1) is 10.7. The molecule has 6 nitrogen and oxygen atoms in total. The SMILES string of the molecule is COc1ccc(N)cc1N1CCN(C(=O)C2CCCO2)CC1. The van der Waals surface area contributed by atoms with Gasteiger partial charge in [-0.3, -0.25) is 4.79 Å². The molecule has 6 heteroatoms. The third kappa shape index (κ3) is 2.97. The summed E-state index contributed by atoms with van der Waals surface area (Å²) in [6.07, 6.45) is 1.60. The van der Waals surface area contributed by atoms with Crippen molar-refractivity contribution in [3.05, 3.63) is 18.2 Å². The Hall–Kier alpha value is -1.95. The molecular weight excluding hydrogens is 282 g/mol. The van der Waals surface area contributed by atoms with Crippen molar-refractivity contribution in [3.8, 4) is 5.75 Å². The molecule has 22 heavy (non-hydrogen) atoms. The molecule has 2 aliphatic heterocycles. The van der Waals surface area contributed by atoms with Crippen LogP contribution in [0.1, 0.15) is 12.8 Å². The van der Waals surface area contributed by atoms with E-state index in [0.29, 0.717) is 25.4 Å². The first-order valence-electron chi connectivity index (χ1n) is 7.78. The lowest BCUT2D eigenvalue weighted by molar-refractivity contribution is -0.141. The molecule has 2 N–H and O–H groups in total. The van der Waals surface area contributed by atoms with Crippen molar-refractivity contribution in [2.45, 2.75) is 18.9 Å². The summed E-state index contributed by atoms with van der Waals surface area (Å²) in [6, 6.07) is 5.64. The number of hydrogen-bond acceptors (Lipinski definition) is 5. The van der Waals surface area contributed by atoms with Gasteiger partial charge in [0, 0.05) is 38.5 Å². The van der Waals surface area contributed by atoms with Crippen LogP contribution in [-0.2, 0) is 9.53 Å². The molecule has 0 spiro atoms. The van der Waals surface area contributed by atoms with Crippen molar-refractivity contribution in [1.82, 2.24) is 4.90 Å². The minimum atomic E-state index is -0.228. The van der Waals surface area contributed by atoms with Crippen molar-refractivity contribution >= 4 is 17.3 Å². The van der Waals surface area contributed by atoms with Crippen LogP contribution >= 0.6 is 0 Å². The maximum absolute atomic E-state index is 12.4. The summed E-state index contributed by atoms with van der Waals surface area (Å²) in [5, 5.41) is 0. The van der Waals surface area contributed by atoms with Gasteiger partial charge >= 0.3 is 0 Å². The highest BCUT2D eigenvalue weighted by molar-refractivity contribution is 5.81. The van der Waals surface area contributed by atoms with E-state index in [0.717, 1.165) is 37.4 Å². The molecule has 2 fully saturated rings. The number of carbonyl (C=O) groups excluding carboxylic acids is 1. The van der Waals surface area contributed by atoms with Crippen LogP contribution in [0.2, 0.25) is 0 Å². The number of nitrogens with zero attached hydrogens (tertiary/aromatic N) is 2. The van der Waals surface area contributed by atoms with Crippen molar-refractivity contribution in [2.24, 2.45) is 0 Å². The van der Waals surface area contributed by atoms with Crippen LogP contribution in [0.3, 0.4) is 0 Å². The van der Waals surface area contributed by atoms with Crippen LogP contribution in [0.5, 0.6) is 5.75 Å². The quantitative estimate of drug-likeness (QED) is 0.847. The Morgan fingerprint density at radius 1 is 1.32 bits per heavy atom. The van der Waals surface area contributed by atoms with Gasteiger partial charge in [0.1, 0.15) is 11.9 Å². The number of ether oxygens (including phenoxy) is 2. The number of nitrogens with two attached hydrogens (primary N) is 1. The molecule has 2 aliphatic rings. The Kier molecular flexibility index (Phi) is 4.38. The molecular formula is C16H23N3O3. The lowest BCUT2D eigenvalue weighted by Crippen LogP contribution is -2.51. The van der Waals surface area contributed by atoms with Crippen LogP contribution in [0.15, 0.2) is 18.2 Å². The van der Waals surface area contributed by atoms with Gasteiger partial charge in [-0.25, -0.2) is 0 Å². The molecule has 0 radical (unpaired) electrons. The Morgan fingerprint density at radius 2 is 2.09 bits per heavy atom. The molecule has 1 amide bonds. The number of benzene rings is 1. The zero-order valence-electron chi connectivity index (χ0n) is 13.0. The third-order valence-electron chi connectivity index (χ3n) is 4.34. The molecule has 1 aromatic rings. The second-order valence-corrected chi connectivity index (χ2v) is 5.75. The van der Waals surface area contributed by atoms with Crippen LogP contribution in [-0.4, -0.2) is 56.8 Å². The van der Waals surface area contributed by atoms with Crippen molar-refractivity contribution in [3.63, 3.8) is 0 Å². The fraction of sp³-hybridized carbons (Fsp3) is 0.562. The van der Waals surface area contributed by atoms with E-state index >= 15 is 0 Å². The maximum Gasteiger partial charge on any atom is 0.251 e. The van der Waals surface area contributed by atoms with Crippen LogP contribution < -0.4 is 15.4 Å². The van der Waals surface area contributed by atoms with Crippen LogP contribution in [0.4, 0.5) is 11.4 Å². The second kappa shape index (κ2) is 6.44. The Bertz CT molecular complexity index is 535. The number of methoxy groups -OCH3 is 1. The predicted octanol–water partition coefficient (Wildman–Crippen LogP) is 1.10. The predicted molar refractivity (Wildman–Crippen MR) is 85.2 cm³/mol. The lowest BCUT2D eigenvalue weighted by atomic mass is 10.1. The van der Waals surface area contributed by atoms with Gasteiger partial charge < -0.3 is 25.0 Å². The number of piperazine rings is 1. The third-order valence-corrected chi connectivity index (χ3v) is 4.34. The normalized spacial score (nSPS) is 22.0. The van der Waals surface area contributed by atoms with Gasteiger partial charge in [0.15, 0.2) is 0 Å². The standard InChI is InChI=1S/C16H23N3O3/c1-21-14-5-4-12(17)11-13(14)18-6-8-19(9-7-18)16(20)15-3-2-10-22-15/h4-5,11,15H,2-3,6-10,17H2,1H3. The van der Waals surface area contributed by atoms with Gasteiger partial charge in [-0.1, -0.05) is 0 Å². The summed E-state index contributed by atoms with van der Waals surface area (Å²) in [4.78, 5) is 16.5. The number of carbonyl (C=O) groups is 1. The second-order valence-electron chi connectivity index (χ2n) is 5.75. The molecule has 1 aromatic carbocycles. The van der Waals surface area contributed by atoms with E-state index < -0.39 is 0 Å². The smallest absolute Gasteiger partial charge is 0.251 e. The minimum Gasteiger partial charge on any atom is -0.495 e.